The van der Waals surface area contributed by atoms with E-state index in [0.717, 1.165) is 12.0 Å². The summed E-state index contributed by atoms with van der Waals surface area (Å²) in [5, 5.41) is 12.5. The molecule has 2 aromatic carbocycles. The van der Waals surface area contributed by atoms with Crippen LogP contribution in [0.25, 0.3) is 0 Å². The van der Waals surface area contributed by atoms with Gasteiger partial charge in [0.25, 0.3) is 0 Å². The number of nitrogens with one attached hydrogen (secondary N) is 1. The van der Waals surface area contributed by atoms with Gasteiger partial charge in [0, 0.05) is 12.1 Å². The van der Waals surface area contributed by atoms with Gasteiger partial charge in [0.2, 0.25) is 0 Å². The van der Waals surface area contributed by atoms with E-state index in [2.05, 4.69) is 24.4 Å². The number of carboxylic acid groups (broad SMARTS) is 1. The third-order valence-corrected chi connectivity index (χ3v) is 6.91. The molecule has 188 valence electrons. The molecule has 0 unspecified atom stereocenters. The molecule has 8 heteroatoms. The van der Waals surface area contributed by atoms with Crippen molar-refractivity contribution in [1.29, 1.82) is 0 Å². The zero-order valence-electron chi connectivity index (χ0n) is 21.2. The number of carboxylic acids is 1. The predicted octanol–water partition coefficient (Wildman–Crippen LogP) is 3.17. The summed E-state index contributed by atoms with van der Waals surface area (Å²) in [5.74, 6) is -1.00. The predicted molar refractivity (Wildman–Crippen MR) is 135 cm³/mol. The number of rotatable bonds is 17. The number of unbranched alkanes of at least 4 members (excludes halogenated alkanes) is 9. The minimum atomic E-state index is -4.53. The monoisotopic (exact) mass is 511 g/mol. The molecule has 0 aromatic heterocycles. The van der Waals surface area contributed by atoms with Crippen LogP contribution in [0.1, 0.15) is 82.3 Å². The summed E-state index contributed by atoms with van der Waals surface area (Å²) in [6.07, 6.45) is 14.5. The van der Waals surface area contributed by atoms with Gasteiger partial charge in [-0.15, -0.1) is 0 Å². The van der Waals surface area contributed by atoms with Crippen LogP contribution < -0.4 is 34.9 Å². The van der Waals surface area contributed by atoms with Gasteiger partial charge in [-0.25, -0.2) is 13.2 Å². The fourth-order valence-corrected chi connectivity index (χ4v) is 4.48. The van der Waals surface area contributed by atoms with Crippen molar-refractivity contribution in [2.24, 2.45) is 0 Å². The first-order valence-corrected chi connectivity index (χ1v) is 13.8. The molecule has 35 heavy (non-hydrogen) atoms. The van der Waals surface area contributed by atoms with Crippen molar-refractivity contribution in [3.63, 3.8) is 0 Å². The molecule has 1 atom stereocenters. The van der Waals surface area contributed by atoms with E-state index in [1.54, 1.807) is 0 Å². The summed E-state index contributed by atoms with van der Waals surface area (Å²) in [6, 6.07) is 12.3. The minimum Gasteiger partial charge on any atom is -0.744 e. The van der Waals surface area contributed by atoms with Crippen LogP contribution in [-0.4, -0.2) is 30.1 Å². The van der Waals surface area contributed by atoms with E-state index in [9.17, 15) is 22.9 Å². The topological polar surface area (TPSA) is 107 Å². The van der Waals surface area contributed by atoms with Gasteiger partial charge in [-0.3, -0.25) is 0 Å². The van der Waals surface area contributed by atoms with Crippen molar-refractivity contribution in [2.75, 3.05) is 5.32 Å². The smallest absolute Gasteiger partial charge is 0.744 e. The Morgan fingerprint density at radius 2 is 1.31 bits per heavy atom. The molecule has 0 fully saturated rings. The molecule has 2 N–H and O–H groups in total. The van der Waals surface area contributed by atoms with Crippen LogP contribution in [0.15, 0.2) is 53.4 Å². The van der Waals surface area contributed by atoms with Gasteiger partial charge < -0.3 is 15.0 Å². The molecule has 2 rings (SSSR count). The van der Waals surface area contributed by atoms with Crippen molar-refractivity contribution < 1.29 is 52.4 Å². The maximum Gasteiger partial charge on any atom is 1.00 e. The SMILES string of the molecule is CCCCCCCCCCCCc1ccc(C[C@H](Nc2ccc(S(=O)(=O)[O-])cc2)C(=O)O)cc1.[Na+]. The second kappa shape index (κ2) is 17.1. The molecule has 0 aliphatic rings. The maximum atomic E-state index is 11.7. The average Bonchev–Trinajstić information content (AvgIpc) is 2.80. The molecule has 0 aliphatic heterocycles. The summed E-state index contributed by atoms with van der Waals surface area (Å²) in [6.45, 7) is 2.25. The van der Waals surface area contributed by atoms with Gasteiger partial charge in [-0.1, -0.05) is 89.0 Å². The minimum absolute atomic E-state index is 0. The molecule has 2 aromatic rings. The van der Waals surface area contributed by atoms with E-state index >= 15 is 0 Å². The fourth-order valence-electron chi connectivity index (χ4n) is 4.01. The van der Waals surface area contributed by atoms with Gasteiger partial charge in [-0.05, 0) is 48.2 Å². The van der Waals surface area contributed by atoms with Crippen molar-refractivity contribution in [3.8, 4) is 0 Å². The quantitative estimate of drug-likeness (QED) is 0.192. The van der Waals surface area contributed by atoms with Crippen LogP contribution in [-0.2, 0) is 27.8 Å². The molecule has 0 bridgehead atoms. The van der Waals surface area contributed by atoms with Gasteiger partial charge in [0.1, 0.15) is 16.2 Å². The summed E-state index contributed by atoms with van der Waals surface area (Å²) in [4.78, 5) is 11.4. The third-order valence-electron chi connectivity index (χ3n) is 6.06. The number of anilines is 1. The van der Waals surface area contributed by atoms with Crippen molar-refractivity contribution >= 4 is 21.8 Å². The molecule has 0 aliphatic carbocycles. The van der Waals surface area contributed by atoms with Crippen molar-refractivity contribution in [3.05, 3.63) is 59.7 Å². The number of hydrogen-bond acceptors (Lipinski definition) is 5. The van der Waals surface area contributed by atoms with E-state index < -0.39 is 22.1 Å². The molecule has 0 saturated heterocycles. The van der Waals surface area contributed by atoms with E-state index in [-0.39, 0.29) is 40.9 Å². The van der Waals surface area contributed by atoms with E-state index in [1.165, 1.54) is 94.0 Å². The van der Waals surface area contributed by atoms with Gasteiger partial charge in [0.15, 0.2) is 0 Å². The number of hydrogen-bond donors (Lipinski definition) is 2. The molecule has 0 amide bonds. The largest absolute Gasteiger partial charge is 1.00 e. The normalized spacial score (nSPS) is 12.1. The molecule has 0 heterocycles. The molecule has 6 nitrogen and oxygen atoms in total. The summed E-state index contributed by atoms with van der Waals surface area (Å²) in [7, 11) is -4.53. The van der Waals surface area contributed by atoms with Gasteiger partial charge in [-0.2, -0.15) is 0 Å². The summed E-state index contributed by atoms with van der Waals surface area (Å²) >= 11 is 0. The van der Waals surface area contributed by atoms with Gasteiger partial charge in [0.05, 0.1) is 4.90 Å². The average molecular weight is 512 g/mol. The number of aliphatic carboxylic acids is 1. The Hall–Kier alpha value is -1.38. The van der Waals surface area contributed by atoms with Crippen molar-refractivity contribution in [2.45, 2.75) is 94.9 Å². The Bertz CT molecular complexity index is 962. The number of carbonyl (C=O) groups is 1. The first kappa shape index (κ1) is 31.6. The molecule has 0 saturated carbocycles. The summed E-state index contributed by atoms with van der Waals surface area (Å²) < 4.78 is 33.1. The molecule has 0 radical (unpaired) electrons. The second-order valence-corrected chi connectivity index (χ2v) is 10.3. The van der Waals surface area contributed by atoms with Crippen LogP contribution in [0.5, 0.6) is 0 Å². The molecule has 0 spiro atoms. The Balaban J connectivity index is 0.00000612. The zero-order chi connectivity index (χ0) is 24.8. The first-order chi connectivity index (χ1) is 16.3. The second-order valence-electron chi connectivity index (χ2n) is 8.97. The van der Waals surface area contributed by atoms with E-state index in [1.807, 2.05) is 12.1 Å². The van der Waals surface area contributed by atoms with Crippen molar-refractivity contribution in [1.82, 2.24) is 0 Å². The Morgan fingerprint density at radius 3 is 1.80 bits per heavy atom. The van der Waals surface area contributed by atoms with Gasteiger partial charge >= 0.3 is 35.5 Å². The maximum absolute atomic E-state index is 11.7. The standard InChI is InChI=1S/C27H39NO5S.Na/c1-2-3-4-5-6-7-8-9-10-11-12-22-13-15-23(16-14-22)21-26(27(29)30)28-24-17-19-25(20-18-24)34(31,32)33;/h13-20,26,28H,2-12,21H2,1H3,(H,29,30)(H,31,32,33);/q;+1/p-1/t26-;/m0./s1. The van der Waals surface area contributed by atoms with Crippen LogP contribution in [0.3, 0.4) is 0 Å². The van der Waals surface area contributed by atoms with E-state index in [4.69, 9.17) is 0 Å². The Kier molecular flexibility index (Phi) is 15.5. The third kappa shape index (κ3) is 12.9. The van der Waals surface area contributed by atoms with E-state index in [0.29, 0.717) is 5.69 Å². The number of aryl methyl sites for hydroxylation is 1. The zero-order valence-corrected chi connectivity index (χ0v) is 24.0. The molecular formula is C27H38NNaO5S. The van der Waals surface area contributed by atoms with Crippen LogP contribution in [0.2, 0.25) is 0 Å². The Morgan fingerprint density at radius 1 is 0.829 bits per heavy atom. The fraction of sp³-hybridized carbons (Fsp3) is 0.519. The Labute approximate surface area is 233 Å². The molecular weight excluding hydrogens is 473 g/mol. The summed E-state index contributed by atoms with van der Waals surface area (Å²) in [5.41, 5.74) is 2.61. The van der Waals surface area contributed by atoms with Crippen LogP contribution in [0, 0.1) is 0 Å². The van der Waals surface area contributed by atoms with Crippen LogP contribution >= 0.6 is 0 Å². The van der Waals surface area contributed by atoms with Crippen LogP contribution in [0.4, 0.5) is 5.69 Å². The first-order valence-electron chi connectivity index (χ1n) is 12.4. The number of benzene rings is 2.